The molecule has 3 rings (SSSR count). The number of benzene rings is 3. The number of nitrogens with one attached hydrogen (secondary N) is 2. The second-order valence-electron chi connectivity index (χ2n) is 6.70. The fourth-order valence-corrected chi connectivity index (χ4v) is 3.70. The maximum absolute atomic E-state index is 10.8. The summed E-state index contributed by atoms with van der Waals surface area (Å²) in [6.07, 6.45) is 0. The summed E-state index contributed by atoms with van der Waals surface area (Å²) in [6.45, 7) is 2.47. The molecule has 0 aliphatic carbocycles. The van der Waals surface area contributed by atoms with Crippen LogP contribution in [-0.2, 0) is 13.2 Å². The third kappa shape index (κ3) is 7.83. The van der Waals surface area contributed by atoms with Crippen molar-refractivity contribution in [3.8, 4) is 5.75 Å². The minimum atomic E-state index is -0.469. The zero-order chi connectivity index (χ0) is 22.2. The lowest BCUT2D eigenvalue weighted by atomic mass is 10.2. The van der Waals surface area contributed by atoms with Crippen molar-refractivity contribution in [1.29, 1.82) is 0 Å². The number of nitro benzene ring substituents is 1. The van der Waals surface area contributed by atoms with Gasteiger partial charge in [0, 0.05) is 36.8 Å². The summed E-state index contributed by atoms with van der Waals surface area (Å²) in [5.41, 5.74) is 2.79. The zero-order valence-electron chi connectivity index (χ0n) is 16.8. The first kappa shape index (κ1) is 26.2. The molecule has 0 aliphatic heterocycles. The monoisotopic (exact) mass is 559 g/mol. The summed E-state index contributed by atoms with van der Waals surface area (Å²) in [5, 5.41) is 18.3. The van der Waals surface area contributed by atoms with Gasteiger partial charge in [0.2, 0.25) is 0 Å². The lowest BCUT2D eigenvalue weighted by Crippen LogP contribution is -2.21. The maximum Gasteiger partial charge on any atom is 0.271 e. The Hall–Kier alpha value is -2.03. The molecule has 10 heteroatoms. The standard InChI is InChI=1S/C22H20BrCl2N3O3.ClH/c23-19-11-16(3-8-22(19)31-14-15-1-4-17(24)5-2-15)13-26-9-10-27-21-7-6-18(28(29)30)12-20(21)25;/h1-8,11-12,26-27H,9-10,13-14H2;1H. The van der Waals surface area contributed by atoms with Crippen molar-refractivity contribution in [2.75, 3.05) is 18.4 Å². The zero-order valence-corrected chi connectivity index (χ0v) is 20.7. The van der Waals surface area contributed by atoms with Gasteiger partial charge < -0.3 is 15.4 Å². The fourth-order valence-electron chi connectivity index (χ4n) is 2.79. The van der Waals surface area contributed by atoms with E-state index in [0.29, 0.717) is 42.0 Å². The van der Waals surface area contributed by atoms with Crippen molar-refractivity contribution >= 4 is 62.9 Å². The molecule has 3 aromatic rings. The van der Waals surface area contributed by atoms with Crippen molar-refractivity contribution in [1.82, 2.24) is 5.32 Å². The van der Waals surface area contributed by atoms with Gasteiger partial charge in [0.05, 0.1) is 20.1 Å². The van der Waals surface area contributed by atoms with E-state index in [1.165, 1.54) is 12.1 Å². The third-order valence-corrected chi connectivity index (χ3v) is 5.60. The molecule has 0 bridgehead atoms. The van der Waals surface area contributed by atoms with Crippen molar-refractivity contribution in [2.24, 2.45) is 0 Å². The van der Waals surface area contributed by atoms with Gasteiger partial charge >= 0.3 is 0 Å². The highest BCUT2D eigenvalue weighted by Gasteiger charge is 2.09. The lowest BCUT2D eigenvalue weighted by molar-refractivity contribution is -0.384. The van der Waals surface area contributed by atoms with E-state index in [-0.39, 0.29) is 18.1 Å². The van der Waals surface area contributed by atoms with E-state index >= 15 is 0 Å². The van der Waals surface area contributed by atoms with Crippen LogP contribution in [0.2, 0.25) is 10.0 Å². The maximum atomic E-state index is 10.8. The van der Waals surface area contributed by atoms with Gasteiger partial charge in [-0.2, -0.15) is 0 Å². The average molecular weight is 562 g/mol. The van der Waals surface area contributed by atoms with E-state index in [1.54, 1.807) is 6.07 Å². The normalized spacial score (nSPS) is 10.3. The van der Waals surface area contributed by atoms with Gasteiger partial charge in [-0.1, -0.05) is 41.4 Å². The second kappa shape index (κ2) is 12.9. The minimum Gasteiger partial charge on any atom is -0.488 e. The van der Waals surface area contributed by atoms with Gasteiger partial charge in [-0.15, -0.1) is 12.4 Å². The topological polar surface area (TPSA) is 76.4 Å². The Morgan fingerprint density at radius 2 is 1.69 bits per heavy atom. The molecule has 3 aromatic carbocycles. The van der Waals surface area contributed by atoms with E-state index in [4.69, 9.17) is 27.9 Å². The van der Waals surface area contributed by atoms with E-state index in [9.17, 15) is 10.1 Å². The molecule has 0 spiro atoms. The molecule has 0 aliphatic rings. The number of nitrogens with zero attached hydrogens (tertiary/aromatic N) is 1. The Morgan fingerprint density at radius 3 is 2.34 bits per heavy atom. The first-order valence-corrected chi connectivity index (χ1v) is 11.0. The second-order valence-corrected chi connectivity index (χ2v) is 8.40. The van der Waals surface area contributed by atoms with Crippen LogP contribution in [0.3, 0.4) is 0 Å². The first-order valence-electron chi connectivity index (χ1n) is 9.46. The smallest absolute Gasteiger partial charge is 0.271 e. The molecule has 0 saturated carbocycles. The summed E-state index contributed by atoms with van der Waals surface area (Å²) in [6, 6.07) is 17.9. The van der Waals surface area contributed by atoms with Crippen LogP contribution < -0.4 is 15.4 Å². The molecule has 0 amide bonds. The summed E-state index contributed by atoms with van der Waals surface area (Å²) >= 11 is 15.5. The summed E-state index contributed by atoms with van der Waals surface area (Å²) in [7, 11) is 0. The number of halogens is 4. The Morgan fingerprint density at radius 1 is 0.969 bits per heavy atom. The molecular formula is C22H21BrCl3N3O3. The lowest BCUT2D eigenvalue weighted by Gasteiger charge is -2.12. The molecular weight excluding hydrogens is 541 g/mol. The number of hydrogen-bond acceptors (Lipinski definition) is 5. The molecule has 6 nitrogen and oxygen atoms in total. The van der Waals surface area contributed by atoms with Crippen molar-refractivity contribution < 1.29 is 9.66 Å². The van der Waals surface area contributed by atoms with Crippen molar-refractivity contribution in [3.05, 3.63) is 96.4 Å². The fraction of sp³-hybridized carbons (Fsp3) is 0.182. The molecule has 0 saturated heterocycles. The SMILES string of the molecule is Cl.O=[N+]([O-])c1ccc(NCCNCc2ccc(OCc3ccc(Cl)cc3)c(Br)c2)c(Cl)c1. The molecule has 0 aromatic heterocycles. The first-order chi connectivity index (χ1) is 14.9. The van der Waals surface area contributed by atoms with Crippen LogP contribution in [0.25, 0.3) is 0 Å². The van der Waals surface area contributed by atoms with Gasteiger partial charge in [0.15, 0.2) is 0 Å². The highest BCUT2D eigenvalue weighted by molar-refractivity contribution is 9.10. The van der Waals surface area contributed by atoms with Gasteiger partial charge in [-0.3, -0.25) is 10.1 Å². The van der Waals surface area contributed by atoms with E-state index < -0.39 is 4.92 Å². The average Bonchev–Trinajstić information content (AvgIpc) is 2.75. The molecule has 0 heterocycles. The van der Waals surface area contributed by atoms with Crippen LogP contribution in [0.5, 0.6) is 5.75 Å². The highest BCUT2D eigenvalue weighted by atomic mass is 79.9. The van der Waals surface area contributed by atoms with Crippen LogP contribution in [0.15, 0.2) is 65.1 Å². The number of anilines is 1. The van der Waals surface area contributed by atoms with Crippen LogP contribution in [0.1, 0.15) is 11.1 Å². The molecule has 0 fully saturated rings. The highest BCUT2D eigenvalue weighted by Crippen LogP contribution is 2.28. The molecule has 0 unspecified atom stereocenters. The molecule has 170 valence electrons. The molecule has 32 heavy (non-hydrogen) atoms. The number of nitro groups is 1. The molecule has 0 radical (unpaired) electrons. The Bertz CT molecular complexity index is 1050. The van der Waals surface area contributed by atoms with E-state index in [1.807, 2.05) is 42.5 Å². The Kier molecular flexibility index (Phi) is 10.5. The van der Waals surface area contributed by atoms with Crippen LogP contribution in [-0.4, -0.2) is 18.0 Å². The summed E-state index contributed by atoms with van der Waals surface area (Å²) in [5.74, 6) is 0.771. The van der Waals surface area contributed by atoms with Gasteiger partial charge in [0.1, 0.15) is 12.4 Å². The van der Waals surface area contributed by atoms with Crippen LogP contribution >= 0.6 is 51.5 Å². The van der Waals surface area contributed by atoms with Crippen LogP contribution in [0, 0.1) is 10.1 Å². The number of hydrogen-bond donors (Lipinski definition) is 2. The Balaban J connectivity index is 0.00000363. The molecule has 2 N–H and O–H groups in total. The van der Waals surface area contributed by atoms with E-state index in [2.05, 4.69) is 26.6 Å². The quantitative estimate of drug-likeness (QED) is 0.161. The predicted octanol–water partition coefficient (Wildman–Crippen LogP) is 6.87. The predicted molar refractivity (Wildman–Crippen MR) is 135 cm³/mol. The number of ether oxygens (including phenoxy) is 1. The third-order valence-electron chi connectivity index (χ3n) is 4.41. The largest absolute Gasteiger partial charge is 0.488 e. The summed E-state index contributed by atoms with van der Waals surface area (Å²) in [4.78, 5) is 10.3. The number of non-ortho nitro benzene ring substituents is 1. The van der Waals surface area contributed by atoms with Crippen LogP contribution in [0.4, 0.5) is 11.4 Å². The molecule has 0 atom stereocenters. The minimum absolute atomic E-state index is 0. The number of rotatable bonds is 10. The van der Waals surface area contributed by atoms with Gasteiger partial charge in [0.25, 0.3) is 5.69 Å². The van der Waals surface area contributed by atoms with Crippen molar-refractivity contribution in [2.45, 2.75) is 13.2 Å². The summed E-state index contributed by atoms with van der Waals surface area (Å²) < 4.78 is 6.75. The van der Waals surface area contributed by atoms with Gasteiger partial charge in [-0.25, -0.2) is 0 Å². The van der Waals surface area contributed by atoms with Crippen molar-refractivity contribution in [3.63, 3.8) is 0 Å². The van der Waals surface area contributed by atoms with Gasteiger partial charge in [-0.05, 0) is 57.4 Å². The van der Waals surface area contributed by atoms with E-state index in [0.717, 1.165) is 21.3 Å². The Labute approximate surface area is 210 Å².